The van der Waals surface area contributed by atoms with Gasteiger partial charge in [0.05, 0.1) is 19.6 Å². The van der Waals surface area contributed by atoms with Gasteiger partial charge in [-0.3, -0.25) is 0 Å². The number of halogens is 1. The average Bonchev–Trinajstić information content (AvgIpc) is 2.68. The van der Waals surface area contributed by atoms with E-state index in [1.165, 1.54) is 135 Å². The fourth-order valence-corrected chi connectivity index (χ4v) is 3.84. The van der Waals surface area contributed by atoms with E-state index in [9.17, 15) is 0 Å². The highest BCUT2D eigenvalue weighted by atomic mass is 127. The van der Waals surface area contributed by atoms with Gasteiger partial charge in [-0.15, -0.1) is 0 Å². The standard InChI is InChI=1S/C24H51N.IO3/c1-4-7-10-13-16-19-22-25(23-20-17-14-11-8-5-2)24-21-18-15-12-9-6-3;2-1(3)4/h4-24H2,1-3H3;/q;-1/p+1. The molecule has 0 fully saturated rings. The zero-order valence-electron chi connectivity index (χ0n) is 20.0. The van der Waals surface area contributed by atoms with Crippen LogP contribution in [0.15, 0.2) is 0 Å². The van der Waals surface area contributed by atoms with Gasteiger partial charge in [0.15, 0.2) is 0 Å². The number of nitrogens with one attached hydrogen (secondary N) is 1. The van der Waals surface area contributed by atoms with E-state index in [1.54, 1.807) is 0 Å². The Hall–Kier alpha value is 0.570. The van der Waals surface area contributed by atoms with Crippen molar-refractivity contribution in [3.05, 3.63) is 0 Å². The molecule has 0 radical (unpaired) electrons. The van der Waals surface area contributed by atoms with E-state index in [0.717, 1.165) is 0 Å². The van der Waals surface area contributed by atoms with Gasteiger partial charge in [-0.1, -0.05) is 97.8 Å². The second-order valence-electron chi connectivity index (χ2n) is 8.49. The maximum Gasteiger partial charge on any atom is 0.282 e. The predicted octanol–water partition coefficient (Wildman–Crippen LogP) is 0.390. The highest BCUT2D eigenvalue weighted by Crippen LogP contribution is 2.06. The lowest BCUT2D eigenvalue weighted by atomic mass is 10.1. The molecule has 0 saturated carbocycles. The molecule has 0 rings (SSSR count). The summed E-state index contributed by atoms with van der Waals surface area (Å²) < 4.78 is 25.7. The molecule has 5 heteroatoms. The van der Waals surface area contributed by atoms with Crippen LogP contribution >= 0.6 is 0 Å². The SMILES string of the molecule is CCCCCCCC[NH+](CCCCCCCC)CCCCCCCC.[O-][I+2]([O-])[O-]. The zero-order valence-corrected chi connectivity index (χ0v) is 22.1. The first-order valence-corrected chi connectivity index (χ1v) is 15.3. The summed E-state index contributed by atoms with van der Waals surface area (Å²) in [6.45, 7) is 11.3. The first-order valence-electron chi connectivity index (χ1n) is 12.6. The van der Waals surface area contributed by atoms with Gasteiger partial charge in [-0.2, -0.15) is 0 Å². The smallest absolute Gasteiger partial charge is 0.282 e. The van der Waals surface area contributed by atoms with Crippen LogP contribution in [0.25, 0.3) is 0 Å². The summed E-state index contributed by atoms with van der Waals surface area (Å²) in [4.78, 5) is 1.92. The van der Waals surface area contributed by atoms with Crippen molar-refractivity contribution >= 4 is 0 Å². The molecule has 0 aromatic heterocycles. The van der Waals surface area contributed by atoms with Crippen LogP contribution in [0.2, 0.25) is 0 Å². The third-order valence-corrected chi connectivity index (χ3v) is 5.65. The van der Waals surface area contributed by atoms with Gasteiger partial charge < -0.3 is 15.2 Å². The minimum absolute atomic E-state index is 1.37. The third kappa shape index (κ3) is 33.4. The molecule has 0 aromatic carbocycles. The lowest BCUT2D eigenvalue weighted by Crippen LogP contribution is -4.05. The highest BCUT2D eigenvalue weighted by molar-refractivity contribution is 4.47. The molecule has 0 aliphatic carbocycles. The van der Waals surface area contributed by atoms with Crippen LogP contribution in [0, 0.1) is 0 Å². The Kier molecular flexibility index (Phi) is 31.3. The van der Waals surface area contributed by atoms with Crippen molar-refractivity contribution in [2.75, 3.05) is 19.6 Å². The quantitative estimate of drug-likeness (QED) is 0.173. The largest absolute Gasteiger partial charge is 0.427 e. The van der Waals surface area contributed by atoms with Crippen molar-refractivity contribution < 1.29 is 36.3 Å². The van der Waals surface area contributed by atoms with Gasteiger partial charge in [-0.25, -0.2) is 0 Å². The molecule has 0 aromatic rings. The molecule has 0 aliphatic rings. The van der Waals surface area contributed by atoms with Gasteiger partial charge in [-0.05, 0) is 38.5 Å². The van der Waals surface area contributed by atoms with Crippen molar-refractivity contribution in [2.45, 2.75) is 136 Å². The average molecular weight is 530 g/mol. The first-order chi connectivity index (χ1) is 14.1. The maximum atomic E-state index is 8.57. The van der Waals surface area contributed by atoms with E-state index < -0.39 is 21.1 Å². The second kappa shape index (κ2) is 28.6. The minimum Gasteiger partial charge on any atom is -0.427 e. The number of unbranched alkanes of at least 4 members (excludes halogenated alkanes) is 15. The van der Waals surface area contributed by atoms with Gasteiger partial charge in [0.1, 0.15) is 0 Å². The fourth-order valence-electron chi connectivity index (χ4n) is 3.84. The first kappa shape index (κ1) is 31.8. The van der Waals surface area contributed by atoms with Gasteiger partial charge in [0.25, 0.3) is 21.1 Å². The van der Waals surface area contributed by atoms with Crippen LogP contribution < -0.4 is 36.3 Å². The van der Waals surface area contributed by atoms with Crippen molar-refractivity contribution in [3.63, 3.8) is 0 Å². The molecule has 0 spiro atoms. The Morgan fingerprint density at radius 2 is 0.621 bits per heavy atom. The summed E-state index contributed by atoms with van der Waals surface area (Å²) in [5, 5.41) is 0. The lowest BCUT2D eigenvalue weighted by Gasteiger charge is -2.19. The molecular weight excluding hydrogens is 477 g/mol. The Labute approximate surface area is 191 Å². The Morgan fingerprint density at radius 3 is 0.862 bits per heavy atom. The van der Waals surface area contributed by atoms with Crippen molar-refractivity contribution in [3.8, 4) is 0 Å². The molecular formula is C24H52INO3. The molecule has 0 heterocycles. The maximum absolute atomic E-state index is 8.57. The Morgan fingerprint density at radius 1 is 0.414 bits per heavy atom. The van der Waals surface area contributed by atoms with E-state index in [1.807, 2.05) is 4.90 Å². The van der Waals surface area contributed by atoms with Crippen LogP contribution in [0.5, 0.6) is 0 Å². The van der Waals surface area contributed by atoms with Crippen LogP contribution in [-0.2, 0) is 0 Å². The number of hydrogen-bond donors (Lipinski definition) is 1. The molecule has 178 valence electrons. The monoisotopic (exact) mass is 529 g/mol. The van der Waals surface area contributed by atoms with Crippen LogP contribution in [0.3, 0.4) is 0 Å². The van der Waals surface area contributed by atoms with E-state index in [2.05, 4.69) is 20.8 Å². The summed E-state index contributed by atoms with van der Waals surface area (Å²) in [7, 11) is 0. The molecule has 0 bridgehead atoms. The molecule has 0 atom stereocenters. The van der Waals surface area contributed by atoms with Crippen LogP contribution in [-0.4, -0.2) is 19.6 Å². The van der Waals surface area contributed by atoms with Crippen molar-refractivity contribution in [1.29, 1.82) is 0 Å². The van der Waals surface area contributed by atoms with E-state index in [-0.39, 0.29) is 0 Å². The van der Waals surface area contributed by atoms with Gasteiger partial charge >= 0.3 is 0 Å². The fraction of sp³-hybridized carbons (Fsp3) is 1.00. The zero-order chi connectivity index (χ0) is 22.0. The van der Waals surface area contributed by atoms with Crippen LogP contribution in [0.4, 0.5) is 0 Å². The van der Waals surface area contributed by atoms with Crippen molar-refractivity contribution in [2.24, 2.45) is 0 Å². The molecule has 4 nitrogen and oxygen atoms in total. The summed E-state index contributed by atoms with van der Waals surface area (Å²) in [6, 6.07) is 0. The molecule has 1 N–H and O–H groups in total. The Balaban J connectivity index is 0. The van der Waals surface area contributed by atoms with Crippen LogP contribution in [0.1, 0.15) is 136 Å². The highest BCUT2D eigenvalue weighted by Gasteiger charge is 2.08. The summed E-state index contributed by atoms with van der Waals surface area (Å²) in [5.41, 5.74) is 0. The third-order valence-electron chi connectivity index (χ3n) is 5.65. The molecule has 29 heavy (non-hydrogen) atoms. The normalized spacial score (nSPS) is 11.2. The minimum atomic E-state index is -4.01. The predicted molar refractivity (Wildman–Crippen MR) is 116 cm³/mol. The summed E-state index contributed by atoms with van der Waals surface area (Å²) in [6.07, 6.45) is 26.0. The lowest BCUT2D eigenvalue weighted by molar-refractivity contribution is -1.73. The Bertz CT molecular complexity index is 240. The summed E-state index contributed by atoms with van der Waals surface area (Å²) >= 11 is -4.01. The summed E-state index contributed by atoms with van der Waals surface area (Å²) in [5.74, 6) is 0. The van der Waals surface area contributed by atoms with E-state index >= 15 is 0 Å². The molecule has 0 unspecified atom stereocenters. The number of quaternary nitrogens is 1. The number of rotatable bonds is 21. The number of hydrogen-bond acceptors (Lipinski definition) is 3. The topological polar surface area (TPSA) is 73.6 Å². The van der Waals surface area contributed by atoms with Gasteiger partial charge in [0, 0.05) is 0 Å². The van der Waals surface area contributed by atoms with E-state index in [0.29, 0.717) is 0 Å². The van der Waals surface area contributed by atoms with E-state index in [4.69, 9.17) is 10.3 Å². The second-order valence-corrected chi connectivity index (χ2v) is 9.57. The van der Waals surface area contributed by atoms with Crippen molar-refractivity contribution in [1.82, 2.24) is 0 Å². The molecule has 0 amide bonds. The molecule has 0 saturated heterocycles. The molecule has 0 aliphatic heterocycles. The van der Waals surface area contributed by atoms with Gasteiger partial charge in [0.2, 0.25) is 0 Å².